The predicted octanol–water partition coefficient (Wildman–Crippen LogP) is 3.69. The van der Waals surface area contributed by atoms with Crippen molar-refractivity contribution in [3.05, 3.63) is 46.7 Å². The topological polar surface area (TPSA) is 71.1 Å². The lowest BCUT2D eigenvalue weighted by Gasteiger charge is -2.12. The molecule has 0 saturated heterocycles. The summed E-state index contributed by atoms with van der Waals surface area (Å²) in [5, 5.41) is 11.9. The van der Waals surface area contributed by atoms with Gasteiger partial charge >= 0.3 is 0 Å². The molecule has 0 aliphatic rings. The van der Waals surface area contributed by atoms with Gasteiger partial charge in [0.2, 0.25) is 0 Å². The van der Waals surface area contributed by atoms with E-state index in [0.29, 0.717) is 22.0 Å². The molecule has 20 heavy (non-hydrogen) atoms. The fourth-order valence-corrected chi connectivity index (χ4v) is 1.90. The van der Waals surface area contributed by atoms with E-state index in [0.717, 1.165) is 0 Å². The number of hydrogen-bond donors (Lipinski definition) is 2. The van der Waals surface area contributed by atoms with E-state index >= 15 is 0 Å². The van der Waals surface area contributed by atoms with Crippen molar-refractivity contribution in [2.24, 2.45) is 0 Å². The Labute approximate surface area is 120 Å². The lowest BCUT2D eigenvalue weighted by molar-refractivity contribution is 0.416. The Morgan fingerprint density at radius 3 is 2.65 bits per heavy atom. The Morgan fingerprint density at radius 2 is 2.05 bits per heavy atom. The average Bonchev–Trinajstić information content (AvgIpc) is 2.43. The third kappa shape index (κ3) is 2.76. The zero-order chi connectivity index (χ0) is 14.7. The van der Waals surface area contributed by atoms with Crippen LogP contribution in [0.3, 0.4) is 0 Å². The van der Waals surface area contributed by atoms with Crippen molar-refractivity contribution < 1.29 is 9.13 Å². The summed E-state index contributed by atoms with van der Waals surface area (Å²) in [6, 6.07) is 9.26. The van der Waals surface area contributed by atoms with E-state index in [4.69, 9.17) is 27.3 Å². The van der Waals surface area contributed by atoms with Crippen LogP contribution in [-0.2, 0) is 0 Å². The molecule has 0 bridgehead atoms. The maximum Gasteiger partial charge on any atom is 0.148 e. The van der Waals surface area contributed by atoms with Crippen LogP contribution in [0.15, 0.2) is 30.3 Å². The van der Waals surface area contributed by atoms with Gasteiger partial charge in [0.1, 0.15) is 11.6 Å². The summed E-state index contributed by atoms with van der Waals surface area (Å²) in [5.41, 5.74) is 6.91. The Balaban J connectivity index is 2.37. The molecular formula is C14H11ClFN3O. The van der Waals surface area contributed by atoms with Crippen molar-refractivity contribution in [3.8, 4) is 11.8 Å². The van der Waals surface area contributed by atoms with Gasteiger partial charge in [0.05, 0.1) is 40.8 Å². The van der Waals surface area contributed by atoms with Gasteiger partial charge in [-0.25, -0.2) is 4.39 Å². The van der Waals surface area contributed by atoms with E-state index in [2.05, 4.69) is 5.32 Å². The number of rotatable bonds is 3. The summed E-state index contributed by atoms with van der Waals surface area (Å²) in [5.74, 6) is -0.164. The van der Waals surface area contributed by atoms with Gasteiger partial charge in [-0.2, -0.15) is 5.26 Å². The van der Waals surface area contributed by atoms with Gasteiger partial charge in [-0.3, -0.25) is 0 Å². The Morgan fingerprint density at radius 1 is 1.30 bits per heavy atom. The molecule has 0 radical (unpaired) electrons. The molecule has 0 unspecified atom stereocenters. The van der Waals surface area contributed by atoms with E-state index < -0.39 is 5.82 Å². The van der Waals surface area contributed by atoms with Gasteiger partial charge in [-0.1, -0.05) is 11.6 Å². The van der Waals surface area contributed by atoms with Crippen molar-refractivity contribution in [3.63, 3.8) is 0 Å². The number of anilines is 3. The lowest BCUT2D eigenvalue weighted by atomic mass is 10.2. The highest BCUT2D eigenvalue weighted by Crippen LogP contribution is 2.32. The monoisotopic (exact) mass is 291 g/mol. The molecule has 0 spiro atoms. The fourth-order valence-electron chi connectivity index (χ4n) is 1.67. The average molecular weight is 292 g/mol. The molecule has 2 aromatic rings. The maximum absolute atomic E-state index is 13.8. The normalized spacial score (nSPS) is 9.90. The summed E-state index contributed by atoms with van der Waals surface area (Å²) in [7, 11) is 1.45. The van der Waals surface area contributed by atoms with Crippen LogP contribution < -0.4 is 15.8 Å². The number of hydrogen-bond acceptors (Lipinski definition) is 4. The second-order valence-corrected chi connectivity index (χ2v) is 4.41. The molecule has 3 N–H and O–H groups in total. The van der Waals surface area contributed by atoms with Crippen LogP contribution in [-0.4, -0.2) is 7.11 Å². The van der Waals surface area contributed by atoms with Gasteiger partial charge in [-0.15, -0.1) is 0 Å². The molecule has 0 amide bonds. The van der Waals surface area contributed by atoms with Gasteiger partial charge in [0, 0.05) is 12.1 Å². The molecule has 2 aromatic carbocycles. The van der Waals surface area contributed by atoms with Crippen LogP contribution in [0.1, 0.15) is 5.56 Å². The first-order chi connectivity index (χ1) is 9.55. The number of nitrogens with zero attached hydrogens (tertiary/aromatic N) is 1. The van der Waals surface area contributed by atoms with Gasteiger partial charge < -0.3 is 15.8 Å². The van der Waals surface area contributed by atoms with E-state index in [-0.39, 0.29) is 11.4 Å². The minimum absolute atomic E-state index is 0.183. The summed E-state index contributed by atoms with van der Waals surface area (Å²) in [6.07, 6.45) is 0. The summed E-state index contributed by atoms with van der Waals surface area (Å²) in [6.45, 7) is 0. The third-order valence-corrected chi connectivity index (χ3v) is 3.00. The third-order valence-electron chi connectivity index (χ3n) is 2.69. The number of benzene rings is 2. The number of halogens is 2. The highest BCUT2D eigenvalue weighted by atomic mass is 35.5. The summed E-state index contributed by atoms with van der Waals surface area (Å²) < 4.78 is 18.9. The van der Waals surface area contributed by atoms with Gasteiger partial charge in [-0.05, 0) is 18.2 Å². The first-order valence-electron chi connectivity index (χ1n) is 5.65. The molecule has 2 rings (SSSR count). The van der Waals surface area contributed by atoms with Crippen LogP contribution in [0.5, 0.6) is 5.75 Å². The zero-order valence-electron chi connectivity index (χ0n) is 10.6. The molecule has 0 fully saturated rings. The Bertz CT molecular complexity index is 698. The van der Waals surface area contributed by atoms with Gasteiger partial charge in [0.15, 0.2) is 0 Å². The summed E-state index contributed by atoms with van der Waals surface area (Å²) >= 11 is 6.02. The van der Waals surface area contributed by atoms with Crippen LogP contribution >= 0.6 is 11.6 Å². The van der Waals surface area contributed by atoms with Crippen LogP contribution in [0.25, 0.3) is 0 Å². The van der Waals surface area contributed by atoms with Crippen molar-refractivity contribution in [2.75, 3.05) is 18.2 Å². The molecule has 0 aliphatic carbocycles. The smallest absolute Gasteiger partial charge is 0.148 e. The second kappa shape index (κ2) is 5.68. The minimum Gasteiger partial charge on any atom is -0.495 e. The van der Waals surface area contributed by atoms with Crippen molar-refractivity contribution in [1.29, 1.82) is 5.26 Å². The molecule has 6 heteroatoms. The molecular weight excluding hydrogens is 281 g/mol. The number of nitrogens with one attached hydrogen (secondary N) is 1. The van der Waals surface area contributed by atoms with Crippen LogP contribution in [0, 0.1) is 17.1 Å². The van der Waals surface area contributed by atoms with Gasteiger partial charge in [0.25, 0.3) is 0 Å². The first-order valence-corrected chi connectivity index (χ1v) is 6.02. The lowest BCUT2D eigenvalue weighted by Crippen LogP contribution is -1.99. The fraction of sp³-hybridized carbons (Fsp3) is 0.0714. The minimum atomic E-state index is -0.524. The van der Waals surface area contributed by atoms with E-state index in [9.17, 15) is 4.39 Å². The molecule has 0 atom stereocenters. The number of nitrogens with two attached hydrogens (primary N) is 1. The van der Waals surface area contributed by atoms with Crippen molar-refractivity contribution >= 4 is 28.7 Å². The predicted molar refractivity (Wildman–Crippen MR) is 76.8 cm³/mol. The summed E-state index contributed by atoms with van der Waals surface area (Å²) in [4.78, 5) is 0. The second-order valence-electron chi connectivity index (χ2n) is 4.01. The van der Waals surface area contributed by atoms with Crippen molar-refractivity contribution in [2.45, 2.75) is 0 Å². The number of nitriles is 1. The molecule has 0 aromatic heterocycles. The van der Waals surface area contributed by atoms with E-state index in [1.165, 1.54) is 25.3 Å². The maximum atomic E-state index is 13.8. The molecule has 0 saturated carbocycles. The number of methoxy groups -OCH3 is 1. The molecule has 0 aliphatic heterocycles. The van der Waals surface area contributed by atoms with E-state index in [1.807, 2.05) is 6.07 Å². The zero-order valence-corrected chi connectivity index (χ0v) is 11.3. The quantitative estimate of drug-likeness (QED) is 0.846. The van der Waals surface area contributed by atoms with Crippen LogP contribution in [0.4, 0.5) is 21.5 Å². The van der Waals surface area contributed by atoms with E-state index in [1.54, 1.807) is 12.1 Å². The molecule has 102 valence electrons. The largest absolute Gasteiger partial charge is 0.495 e. The highest BCUT2D eigenvalue weighted by Gasteiger charge is 2.10. The SMILES string of the molecule is COc1cc(Nc2ccc(C#N)cc2Cl)c(F)cc1N. The molecule has 0 heterocycles. The number of ether oxygens (including phenoxy) is 1. The standard InChI is InChI=1S/C14H11ClFN3O/c1-20-14-6-13(10(16)5-11(14)18)19-12-3-2-8(7-17)4-9(12)15/h2-6,19H,18H2,1H3. The molecule has 4 nitrogen and oxygen atoms in total. The Kier molecular flexibility index (Phi) is 3.97. The van der Waals surface area contributed by atoms with Crippen molar-refractivity contribution in [1.82, 2.24) is 0 Å². The highest BCUT2D eigenvalue weighted by molar-refractivity contribution is 6.33. The number of nitrogen functional groups attached to an aromatic ring is 1. The first kappa shape index (κ1) is 14.0. The van der Waals surface area contributed by atoms with Crippen LogP contribution in [0.2, 0.25) is 5.02 Å². The Hall–Kier alpha value is -2.45.